The molecule has 2 aromatic rings. The Morgan fingerprint density at radius 1 is 1.00 bits per heavy atom. The zero-order valence-corrected chi connectivity index (χ0v) is 20.3. The first-order valence-corrected chi connectivity index (χ1v) is 11.0. The molecule has 0 radical (unpaired) electrons. The van der Waals surface area contributed by atoms with E-state index in [1.54, 1.807) is 0 Å². The zero-order valence-electron chi connectivity index (χ0n) is 20.3. The van der Waals surface area contributed by atoms with Gasteiger partial charge in [0.05, 0.1) is 11.5 Å². The average molecular weight is 457 g/mol. The molecular formula is C28H28N2O4. The fourth-order valence-corrected chi connectivity index (χ4v) is 4.74. The Labute approximate surface area is 199 Å². The third-order valence-electron chi connectivity index (χ3n) is 6.68. The molecule has 2 aromatic carbocycles. The van der Waals surface area contributed by atoms with E-state index >= 15 is 0 Å². The lowest BCUT2D eigenvalue weighted by Gasteiger charge is -2.39. The lowest BCUT2D eigenvalue weighted by atomic mass is 9.64. The number of nitrogens with zero attached hydrogens (tertiary/aromatic N) is 2. The van der Waals surface area contributed by atoms with E-state index in [0.717, 1.165) is 33.7 Å². The molecule has 0 spiro atoms. The van der Waals surface area contributed by atoms with Crippen molar-refractivity contribution in [1.29, 1.82) is 0 Å². The highest BCUT2D eigenvalue weighted by Gasteiger charge is 2.39. The number of carbonyl (C=O) groups excluding carboxylic acids is 1. The maximum atomic E-state index is 12.2. The smallest absolute Gasteiger partial charge is 0.336 e. The van der Waals surface area contributed by atoms with Crippen molar-refractivity contribution in [1.82, 2.24) is 0 Å². The molecule has 0 bridgehead atoms. The standard InChI is InChI=1S/C28H28N2O4/c1-28(2)23-14-17(29(3)4)8-11-20(23)25(21-12-9-18(30(5)6)15-24(21)28)22-13-16(26(31)32)7-10-19(22)27(33)34/h7-15H,1-6H3,(H-,31,32,33,34). The van der Waals surface area contributed by atoms with E-state index in [1.807, 2.05) is 62.0 Å². The number of aromatic carboxylic acids is 2. The van der Waals surface area contributed by atoms with Crippen LogP contribution in [0.3, 0.4) is 0 Å². The van der Waals surface area contributed by atoms with E-state index in [4.69, 9.17) is 0 Å². The number of anilines is 1. The first-order valence-electron chi connectivity index (χ1n) is 11.0. The Kier molecular flexibility index (Phi) is 5.56. The summed E-state index contributed by atoms with van der Waals surface area (Å²) in [6.45, 7) is 4.33. The molecule has 2 aliphatic rings. The lowest BCUT2D eigenvalue weighted by molar-refractivity contribution is -0.462. The summed E-state index contributed by atoms with van der Waals surface area (Å²) < 4.78 is 2.03. The summed E-state index contributed by atoms with van der Waals surface area (Å²) in [7, 11) is 7.91. The molecule has 0 amide bonds. The second-order valence-corrected chi connectivity index (χ2v) is 9.60. The molecule has 0 atom stereocenters. The number of benzene rings is 2. The van der Waals surface area contributed by atoms with Crippen LogP contribution in [0.2, 0.25) is 0 Å². The molecule has 0 aliphatic heterocycles. The van der Waals surface area contributed by atoms with E-state index in [2.05, 4.69) is 26.0 Å². The fourth-order valence-electron chi connectivity index (χ4n) is 4.74. The number of carboxylic acid groups (broad SMARTS) is 2. The highest BCUT2D eigenvalue weighted by Crippen LogP contribution is 2.51. The van der Waals surface area contributed by atoms with Gasteiger partial charge in [-0.25, -0.2) is 9.37 Å². The van der Waals surface area contributed by atoms with Gasteiger partial charge in [-0.1, -0.05) is 26.0 Å². The van der Waals surface area contributed by atoms with E-state index in [-0.39, 0.29) is 16.5 Å². The fraction of sp³-hybridized carbons (Fsp3) is 0.250. The van der Waals surface area contributed by atoms with Crippen molar-refractivity contribution in [3.05, 3.63) is 93.6 Å². The molecule has 1 N–H and O–H groups in total. The van der Waals surface area contributed by atoms with Gasteiger partial charge in [0.15, 0.2) is 5.71 Å². The Balaban J connectivity index is 2.17. The monoisotopic (exact) mass is 456 g/mol. The number of carboxylic acids is 2. The molecule has 0 unspecified atom stereocenters. The van der Waals surface area contributed by atoms with Gasteiger partial charge >= 0.3 is 5.97 Å². The van der Waals surface area contributed by atoms with Gasteiger partial charge in [-0.3, -0.25) is 0 Å². The molecule has 0 saturated heterocycles. The molecule has 0 saturated carbocycles. The predicted octanol–water partition coefficient (Wildman–Crippen LogP) is 3.12. The van der Waals surface area contributed by atoms with Crippen molar-refractivity contribution in [2.45, 2.75) is 19.3 Å². The van der Waals surface area contributed by atoms with Gasteiger partial charge in [-0.2, -0.15) is 0 Å². The van der Waals surface area contributed by atoms with Crippen LogP contribution < -0.4 is 10.0 Å². The molecule has 0 heterocycles. The molecule has 0 aromatic heterocycles. The summed E-state index contributed by atoms with van der Waals surface area (Å²) in [6.07, 6.45) is 6.13. The molecule has 2 aliphatic carbocycles. The Morgan fingerprint density at radius 2 is 1.71 bits per heavy atom. The number of hydrogen-bond donors (Lipinski definition) is 1. The van der Waals surface area contributed by atoms with Crippen molar-refractivity contribution < 1.29 is 24.4 Å². The molecule has 4 rings (SSSR count). The molecule has 6 nitrogen and oxygen atoms in total. The van der Waals surface area contributed by atoms with Crippen molar-refractivity contribution in [3.8, 4) is 0 Å². The highest BCUT2D eigenvalue weighted by molar-refractivity contribution is 6.08. The van der Waals surface area contributed by atoms with Crippen molar-refractivity contribution >= 4 is 28.9 Å². The highest BCUT2D eigenvalue weighted by atomic mass is 16.4. The normalized spacial score (nSPS) is 15.9. The van der Waals surface area contributed by atoms with Gasteiger partial charge in [-0.05, 0) is 69.3 Å². The first kappa shape index (κ1) is 23.2. The number of rotatable bonds is 4. The average Bonchev–Trinajstić information content (AvgIpc) is 2.78. The number of carbonyl (C=O) groups is 2. The summed E-state index contributed by atoms with van der Waals surface area (Å²) in [5.74, 6) is -2.46. The largest absolute Gasteiger partial charge is 0.545 e. The predicted molar refractivity (Wildman–Crippen MR) is 132 cm³/mol. The van der Waals surface area contributed by atoms with Crippen LogP contribution in [0.15, 0.2) is 65.8 Å². The van der Waals surface area contributed by atoms with Gasteiger partial charge in [0.25, 0.3) is 0 Å². The maximum Gasteiger partial charge on any atom is 0.336 e. The van der Waals surface area contributed by atoms with Crippen molar-refractivity contribution in [2.24, 2.45) is 0 Å². The van der Waals surface area contributed by atoms with E-state index in [1.165, 1.54) is 18.2 Å². The number of allylic oxidation sites excluding steroid dienone is 5. The van der Waals surface area contributed by atoms with Crippen LogP contribution in [0.5, 0.6) is 0 Å². The van der Waals surface area contributed by atoms with Gasteiger partial charge in [0.1, 0.15) is 14.1 Å². The molecule has 0 fully saturated rings. The molecular weight excluding hydrogens is 428 g/mol. The second kappa shape index (κ2) is 8.13. The van der Waals surface area contributed by atoms with Crippen LogP contribution in [0.4, 0.5) is 5.69 Å². The topological polar surface area (TPSA) is 83.7 Å². The number of hydrogen-bond acceptors (Lipinski definition) is 4. The van der Waals surface area contributed by atoms with Crippen molar-refractivity contribution in [2.75, 3.05) is 33.1 Å². The first-order chi connectivity index (χ1) is 15.9. The van der Waals surface area contributed by atoms with Crippen LogP contribution in [0, 0.1) is 0 Å². The summed E-state index contributed by atoms with van der Waals surface area (Å²) >= 11 is 0. The summed E-state index contributed by atoms with van der Waals surface area (Å²) in [6, 6.07) is 10.2. The third kappa shape index (κ3) is 3.65. The Hall–Kier alpha value is -3.93. The van der Waals surface area contributed by atoms with Crippen LogP contribution in [-0.2, 0) is 5.41 Å². The Bertz CT molecular complexity index is 1370. The van der Waals surface area contributed by atoms with E-state index < -0.39 is 11.9 Å². The van der Waals surface area contributed by atoms with E-state index in [0.29, 0.717) is 11.1 Å². The van der Waals surface area contributed by atoms with Gasteiger partial charge in [0, 0.05) is 37.3 Å². The third-order valence-corrected chi connectivity index (χ3v) is 6.68. The number of fused-ring (bicyclic) bond motifs is 2. The van der Waals surface area contributed by atoms with Crippen LogP contribution in [0.25, 0.3) is 5.57 Å². The molecule has 174 valence electrons. The molecule has 34 heavy (non-hydrogen) atoms. The SMILES string of the molecule is CN(C)c1ccc2c(c1)C(C)(C)C1=CC(=[N+](C)C)C=CC1=C2c1cc(C(=O)[O-])ccc1C(=O)O. The van der Waals surface area contributed by atoms with E-state index in [9.17, 15) is 19.8 Å². The summed E-state index contributed by atoms with van der Waals surface area (Å²) in [5.41, 5.74) is 6.61. The van der Waals surface area contributed by atoms with Crippen LogP contribution in [-0.4, -0.2) is 55.5 Å². The van der Waals surface area contributed by atoms with Gasteiger partial charge < -0.3 is 19.9 Å². The molecule has 6 heteroatoms. The second-order valence-electron chi connectivity index (χ2n) is 9.60. The quantitative estimate of drug-likeness (QED) is 0.715. The maximum absolute atomic E-state index is 12.2. The van der Waals surface area contributed by atoms with Crippen LogP contribution >= 0.6 is 0 Å². The van der Waals surface area contributed by atoms with Crippen LogP contribution in [0.1, 0.15) is 51.3 Å². The summed E-state index contributed by atoms with van der Waals surface area (Å²) in [5, 5.41) is 21.6. The van der Waals surface area contributed by atoms with Gasteiger partial charge in [-0.15, -0.1) is 0 Å². The minimum absolute atomic E-state index is 0.0463. The van der Waals surface area contributed by atoms with Gasteiger partial charge in [0.2, 0.25) is 0 Å². The van der Waals surface area contributed by atoms with Crippen molar-refractivity contribution in [3.63, 3.8) is 0 Å². The minimum Gasteiger partial charge on any atom is -0.545 e. The minimum atomic E-state index is -1.35. The Morgan fingerprint density at radius 3 is 2.29 bits per heavy atom. The summed E-state index contributed by atoms with van der Waals surface area (Å²) in [4.78, 5) is 25.9. The lowest BCUT2D eigenvalue weighted by Crippen LogP contribution is -2.31. The zero-order chi connectivity index (χ0) is 24.9.